The number of benzene rings is 1. The normalized spacial score (nSPS) is 17.1. The monoisotopic (exact) mass is 349 g/mol. The van der Waals surface area contributed by atoms with Crippen molar-refractivity contribution in [1.82, 2.24) is 10.2 Å². The van der Waals surface area contributed by atoms with Gasteiger partial charge in [-0.3, -0.25) is 0 Å². The number of carbonyl (C=O) groups excluding carboxylic acids is 1. The number of rotatable bonds is 5. The largest absolute Gasteiger partial charge is 0.330 e. The SMILES string of the molecule is C#CC[C@@H](NC(=O)N1CCC(CS(N)(=O)=O)CC1)c1ccccc1. The average molecular weight is 349 g/mol. The molecule has 1 atom stereocenters. The molecule has 0 unspecified atom stereocenters. The number of nitrogens with two attached hydrogens (primary N) is 1. The van der Waals surface area contributed by atoms with Gasteiger partial charge in [-0.2, -0.15) is 0 Å². The number of nitrogens with zero attached hydrogens (tertiary/aromatic N) is 1. The van der Waals surface area contributed by atoms with Crippen molar-refractivity contribution in [2.75, 3.05) is 18.8 Å². The van der Waals surface area contributed by atoms with Crippen LogP contribution in [0.3, 0.4) is 0 Å². The molecular weight excluding hydrogens is 326 g/mol. The van der Waals surface area contributed by atoms with E-state index in [9.17, 15) is 13.2 Å². The molecule has 3 N–H and O–H groups in total. The lowest BCUT2D eigenvalue weighted by Crippen LogP contribution is -2.46. The van der Waals surface area contributed by atoms with Gasteiger partial charge < -0.3 is 10.2 Å². The number of hydrogen-bond acceptors (Lipinski definition) is 3. The Bertz CT molecular complexity index is 690. The Balaban J connectivity index is 1.91. The van der Waals surface area contributed by atoms with Gasteiger partial charge >= 0.3 is 6.03 Å². The van der Waals surface area contributed by atoms with E-state index in [1.165, 1.54) is 0 Å². The molecule has 0 radical (unpaired) electrons. The van der Waals surface area contributed by atoms with Crippen molar-refractivity contribution in [3.05, 3.63) is 35.9 Å². The minimum absolute atomic E-state index is 0.0136. The quantitative estimate of drug-likeness (QED) is 0.788. The number of urea groups is 1. The summed E-state index contributed by atoms with van der Waals surface area (Å²) in [6.07, 6.45) is 7.10. The number of nitrogens with one attached hydrogen (secondary N) is 1. The lowest BCUT2D eigenvalue weighted by Gasteiger charge is -2.32. The maximum Gasteiger partial charge on any atom is 0.317 e. The lowest BCUT2D eigenvalue weighted by atomic mass is 9.99. The van der Waals surface area contributed by atoms with Crippen LogP contribution >= 0.6 is 0 Å². The third kappa shape index (κ3) is 5.55. The van der Waals surface area contributed by atoms with Gasteiger partial charge in [0.2, 0.25) is 10.0 Å². The van der Waals surface area contributed by atoms with Crippen molar-refractivity contribution < 1.29 is 13.2 Å². The molecule has 0 aliphatic carbocycles. The second-order valence-electron chi connectivity index (χ2n) is 6.08. The molecular formula is C17H23N3O3S. The molecule has 0 saturated carbocycles. The van der Waals surface area contributed by atoms with E-state index in [2.05, 4.69) is 11.2 Å². The highest BCUT2D eigenvalue weighted by atomic mass is 32.2. The molecule has 1 fully saturated rings. The molecule has 2 rings (SSSR count). The number of carbonyl (C=O) groups is 1. The lowest BCUT2D eigenvalue weighted by molar-refractivity contribution is 0.171. The van der Waals surface area contributed by atoms with E-state index in [0.717, 1.165) is 5.56 Å². The molecule has 7 heteroatoms. The first-order valence-corrected chi connectivity index (χ1v) is 9.65. The molecule has 24 heavy (non-hydrogen) atoms. The Morgan fingerprint density at radius 3 is 2.50 bits per heavy atom. The summed E-state index contributed by atoms with van der Waals surface area (Å²) in [5, 5.41) is 8.05. The van der Waals surface area contributed by atoms with Crippen LogP contribution < -0.4 is 10.5 Å². The summed E-state index contributed by atoms with van der Waals surface area (Å²) in [5.74, 6) is 2.59. The van der Waals surface area contributed by atoms with E-state index in [4.69, 9.17) is 11.6 Å². The molecule has 6 nitrogen and oxygen atoms in total. The fraction of sp³-hybridized carbons (Fsp3) is 0.471. The highest BCUT2D eigenvalue weighted by Crippen LogP contribution is 2.20. The maximum absolute atomic E-state index is 12.5. The van der Waals surface area contributed by atoms with Gasteiger partial charge in [-0.25, -0.2) is 18.4 Å². The van der Waals surface area contributed by atoms with E-state index in [1.54, 1.807) is 4.90 Å². The molecule has 2 amide bonds. The predicted molar refractivity (Wildman–Crippen MR) is 93.4 cm³/mol. The summed E-state index contributed by atoms with van der Waals surface area (Å²) >= 11 is 0. The molecule has 1 saturated heterocycles. The second-order valence-corrected chi connectivity index (χ2v) is 7.74. The fourth-order valence-electron chi connectivity index (χ4n) is 2.93. The first-order valence-electron chi connectivity index (χ1n) is 7.93. The first kappa shape index (κ1) is 18.3. The molecule has 1 aliphatic rings. The van der Waals surface area contributed by atoms with E-state index >= 15 is 0 Å². The van der Waals surface area contributed by atoms with Gasteiger partial charge in [-0.05, 0) is 24.3 Å². The highest BCUT2D eigenvalue weighted by molar-refractivity contribution is 7.89. The summed E-state index contributed by atoms with van der Waals surface area (Å²) in [4.78, 5) is 14.2. The first-order chi connectivity index (χ1) is 11.4. The summed E-state index contributed by atoms with van der Waals surface area (Å²) in [5.41, 5.74) is 0.966. The van der Waals surface area contributed by atoms with Crippen LogP contribution in [-0.2, 0) is 10.0 Å². The molecule has 1 aromatic carbocycles. The molecule has 1 aliphatic heterocycles. The molecule has 0 spiro atoms. The van der Waals surface area contributed by atoms with Gasteiger partial charge in [-0.1, -0.05) is 30.3 Å². The zero-order chi connectivity index (χ0) is 17.6. The highest BCUT2D eigenvalue weighted by Gasteiger charge is 2.26. The fourth-order valence-corrected chi connectivity index (χ4v) is 3.92. The number of primary sulfonamides is 1. The minimum Gasteiger partial charge on any atom is -0.330 e. The zero-order valence-electron chi connectivity index (χ0n) is 13.5. The van der Waals surface area contributed by atoms with E-state index in [-0.39, 0.29) is 23.7 Å². The Morgan fingerprint density at radius 1 is 1.33 bits per heavy atom. The number of sulfonamides is 1. The van der Waals surface area contributed by atoms with Crippen LogP contribution in [0.2, 0.25) is 0 Å². The topological polar surface area (TPSA) is 92.5 Å². The number of piperidine rings is 1. The van der Waals surface area contributed by atoms with Gasteiger partial charge in [-0.15, -0.1) is 12.3 Å². The van der Waals surface area contributed by atoms with Crippen LogP contribution in [0.25, 0.3) is 0 Å². The Hall–Kier alpha value is -2.04. The number of amides is 2. The van der Waals surface area contributed by atoms with Crippen molar-refractivity contribution >= 4 is 16.1 Å². The van der Waals surface area contributed by atoms with Crippen LogP contribution in [0.1, 0.15) is 30.9 Å². The van der Waals surface area contributed by atoms with Gasteiger partial charge in [0.1, 0.15) is 0 Å². The van der Waals surface area contributed by atoms with Crippen molar-refractivity contribution in [3.63, 3.8) is 0 Å². The van der Waals surface area contributed by atoms with Crippen LogP contribution in [0.4, 0.5) is 4.79 Å². The van der Waals surface area contributed by atoms with Crippen molar-refractivity contribution in [2.45, 2.75) is 25.3 Å². The molecule has 1 heterocycles. The van der Waals surface area contributed by atoms with E-state index < -0.39 is 10.0 Å². The van der Waals surface area contributed by atoms with E-state index in [1.807, 2.05) is 30.3 Å². The van der Waals surface area contributed by atoms with Gasteiger partial charge in [0.25, 0.3) is 0 Å². The smallest absolute Gasteiger partial charge is 0.317 e. The van der Waals surface area contributed by atoms with Crippen LogP contribution in [-0.4, -0.2) is 38.2 Å². The second kappa shape index (κ2) is 8.18. The van der Waals surface area contributed by atoms with Gasteiger partial charge in [0.15, 0.2) is 0 Å². The summed E-state index contributed by atoms with van der Waals surface area (Å²) in [6, 6.07) is 9.18. The van der Waals surface area contributed by atoms with Crippen LogP contribution in [0, 0.1) is 18.3 Å². The van der Waals surface area contributed by atoms with Gasteiger partial charge in [0, 0.05) is 19.5 Å². The number of terminal acetylenes is 1. The number of hydrogen-bond donors (Lipinski definition) is 2. The Morgan fingerprint density at radius 2 is 1.96 bits per heavy atom. The molecule has 0 aromatic heterocycles. The molecule has 0 bridgehead atoms. The van der Waals surface area contributed by atoms with Crippen molar-refractivity contribution in [2.24, 2.45) is 11.1 Å². The van der Waals surface area contributed by atoms with Crippen molar-refractivity contribution in [1.29, 1.82) is 0 Å². The predicted octanol–water partition coefficient (Wildman–Crippen LogP) is 1.46. The summed E-state index contributed by atoms with van der Waals surface area (Å²) < 4.78 is 22.3. The van der Waals surface area contributed by atoms with E-state index in [0.29, 0.717) is 32.4 Å². The van der Waals surface area contributed by atoms with Crippen LogP contribution in [0.15, 0.2) is 30.3 Å². The van der Waals surface area contributed by atoms with Crippen LogP contribution in [0.5, 0.6) is 0 Å². The standard InChI is InChI=1S/C17H23N3O3S/c1-2-6-16(15-7-4-3-5-8-15)19-17(21)20-11-9-14(10-12-20)13-24(18,22)23/h1,3-5,7-8,14,16H,6,9-13H2,(H,19,21)(H2,18,22,23)/t16-/m1/s1. The number of likely N-dealkylation sites (tertiary alicyclic amines) is 1. The minimum atomic E-state index is -3.47. The van der Waals surface area contributed by atoms with Crippen molar-refractivity contribution in [3.8, 4) is 12.3 Å². The molecule has 130 valence electrons. The maximum atomic E-state index is 12.5. The third-order valence-corrected chi connectivity index (χ3v) is 5.13. The van der Waals surface area contributed by atoms with Gasteiger partial charge in [0.05, 0.1) is 11.8 Å². The molecule has 1 aromatic rings. The third-order valence-electron chi connectivity index (χ3n) is 4.19. The zero-order valence-corrected chi connectivity index (χ0v) is 14.3. The Labute approximate surface area is 143 Å². The summed E-state index contributed by atoms with van der Waals surface area (Å²) in [6.45, 7) is 1.03. The average Bonchev–Trinajstić information content (AvgIpc) is 2.54. The Kier molecular flexibility index (Phi) is 6.23. The summed E-state index contributed by atoms with van der Waals surface area (Å²) in [7, 11) is -3.47.